The number of benzene rings is 1. The van der Waals surface area contributed by atoms with E-state index in [9.17, 15) is 14.4 Å². The predicted octanol–water partition coefficient (Wildman–Crippen LogP) is 3.99. The number of hydrogen-bond donors (Lipinski definition) is 1. The van der Waals surface area contributed by atoms with Crippen LogP contribution in [0.5, 0.6) is 0 Å². The molecular weight excluding hydrogens is 506 g/mol. The number of carbonyl (C=O) groups excluding carboxylic acids is 3. The van der Waals surface area contributed by atoms with E-state index in [0.29, 0.717) is 36.9 Å². The Balaban J connectivity index is 1.55. The van der Waals surface area contributed by atoms with Gasteiger partial charge in [0.1, 0.15) is 6.61 Å². The zero-order valence-electron chi connectivity index (χ0n) is 19.0. The van der Waals surface area contributed by atoms with Gasteiger partial charge in [-0.3, -0.25) is 14.4 Å². The summed E-state index contributed by atoms with van der Waals surface area (Å²) < 4.78 is 6.13. The van der Waals surface area contributed by atoms with Crippen LogP contribution in [-0.4, -0.2) is 50.1 Å². The van der Waals surface area contributed by atoms with Crippen molar-refractivity contribution in [2.75, 3.05) is 36.1 Å². The minimum Gasteiger partial charge on any atom is -0.370 e. The second-order valence-electron chi connectivity index (χ2n) is 8.94. The topological polar surface area (TPSA) is 79.0 Å². The van der Waals surface area contributed by atoms with Crippen molar-refractivity contribution in [2.45, 2.75) is 33.2 Å². The summed E-state index contributed by atoms with van der Waals surface area (Å²) >= 11 is 4.77. The molecule has 9 heteroatoms. The Labute approximate surface area is 206 Å². The third kappa shape index (κ3) is 5.15. The Morgan fingerprint density at radius 1 is 1.24 bits per heavy atom. The maximum absolute atomic E-state index is 13.4. The number of hydrogen-bond acceptors (Lipinski definition) is 5. The number of aryl methyl sites for hydroxylation is 1. The fourth-order valence-corrected chi connectivity index (χ4v) is 5.79. The van der Waals surface area contributed by atoms with Gasteiger partial charge < -0.3 is 19.9 Å². The van der Waals surface area contributed by atoms with Gasteiger partial charge >= 0.3 is 0 Å². The van der Waals surface area contributed by atoms with Crippen LogP contribution >= 0.6 is 27.3 Å². The Bertz CT molecular complexity index is 1070. The SMILES string of the molecule is Cc1cc(N2CC(NC(=O)c3ccc(Br)s3)C(CC(C)C)C2=O)ccc1N1CCOCC1=O. The lowest BCUT2D eigenvalue weighted by atomic mass is 9.92. The monoisotopic (exact) mass is 533 g/mol. The molecular formula is C24H28BrN3O4S. The van der Waals surface area contributed by atoms with E-state index in [-0.39, 0.29) is 36.3 Å². The molecule has 1 N–H and O–H groups in total. The van der Waals surface area contributed by atoms with E-state index in [1.807, 2.05) is 31.2 Å². The molecule has 2 aromatic rings. The lowest BCUT2D eigenvalue weighted by Crippen LogP contribution is -2.42. The summed E-state index contributed by atoms with van der Waals surface area (Å²) in [6.07, 6.45) is 0.702. The van der Waals surface area contributed by atoms with E-state index in [1.165, 1.54) is 11.3 Å². The molecule has 2 fully saturated rings. The average molecular weight is 534 g/mol. The first-order chi connectivity index (χ1) is 15.7. The summed E-state index contributed by atoms with van der Waals surface area (Å²) in [5, 5.41) is 3.10. The Hall–Kier alpha value is -2.23. The van der Waals surface area contributed by atoms with Gasteiger partial charge in [-0.15, -0.1) is 11.3 Å². The summed E-state index contributed by atoms with van der Waals surface area (Å²) in [5.74, 6) is -0.148. The van der Waals surface area contributed by atoms with Crippen LogP contribution in [-0.2, 0) is 14.3 Å². The second kappa shape index (κ2) is 9.95. The van der Waals surface area contributed by atoms with Gasteiger partial charge in [-0.2, -0.15) is 0 Å². The fourth-order valence-electron chi connectivity index (χ4n) is 4.50. The van der Waals surface area contributed by atoms with Crippen LogP contribution in [0.4, 0.5) is 11.4 Å². The molecule has 2 atom stereocenters. The molecule has 0 aliphatic carbocycles. The first-order valence-electron chi connectivity index (χ1n) is 11.1. The van der Waals surface area contributed by atoms with Gasteiger partial charge in [-0.05, 0) is 71.1 Å². The fraction of sp³-hybridized carbons (Fsp3) is 0.458. The van der Waals surface area contributed by atoms with Gasteiger partial charge in [-0.1, -0.05) is 13.8 Å². The summed E-state index contributed by atoms with van der Waals surface area (Å²) in [6.45, 7) is 7.66. The number of morpholine rings is 1. The maximum atomic E-state index is 13.4. The van der Waals surface area contributed by atoms with E-state index in [4.69, 9.17) is 4.74 Å². The van der Waals surface area contributed by atoms with Crippen LogP contribution in [0.1, 0.15) is 35.5 Å². The quantitative estimate of drug-likeness (QED) is 0.608. The number of halogens is 1. The molecule has 4 rings (SSSR count). The Morgan fingerprint density at radius 3 is 2.67 bits per heavy atom. The van der Waals surface area contributed by atoms with E-state index >= 15 is 0 Å². The number of anilines is 2. The van der Waals surface area contributed by atoms with Crippen molar-refractivity contribution in [3.05, 3.63) is 44.6 Å². The summed E-state index contributed by atoms with van der Waals surface area (Å²) in [6, 6.07) is 9.09. The van der Waals surface area contributed by atoms with Crippen LogP contribution in [0, 0.1) is 18.8 Å². The van der Waals surface area contributed by atoms with Crippen LogP contribution in [0.15, 0.2) is 34.1 Å². The lowest BCUT2D eigenvalue weighted by Gasteiger charge is -2.29. The molecule has 3 amide bonds. The predicted molar refractivity (Wildman–Crippen MR) is 133 cm³/mol. The van der Waals surface area contributed by atoms with Crippen LogP contribution in [0.3, 0.4) is 0 Å². The van der Waals surface area contributed by atoms with Crippen molar-refractivity contribution in [2.24, 2.45) is 11.8 Å². The maximum Gasteiger partial charge on any atom is 0.261 e. The molecule has 2 aliphatic heterocycles. The molecule has 1 aromatic heterocycles. The van der Waals surface area contributed by atoms with Crippen molar-refractivity contribution in [1.82, 2.24) is 5.32 Å². The Morgan fingerprint density at radius 2 is 2.03 bits per heavy atom. The molecule has 0 spiro atoms. The van der Waals surface area contributed by atoms with Gasteiger partial charge in [-0.25, -0.2) is 0 Å². The summed E-state index contributed by atoms with van der Waals surface area (Å²) in [5.41, 5.74) is 2.55. The van der Waals surface area contributed by atoms with Crippen LogP contribution < -0.4 is 15.1 Å². The van der Waals surface area contributed by atoms with E-state index in [1.54, 1.807) is 15.9 Å². The summed E-state index contributed by atoms with van der Waals surface area (Å²) in [4.78, 5) is 42.6. The first-order valence-corrected chi connectivity index (χ1v) is 12.7. The highest BCUT2D eigenvalue weighted by Crippen LogP contribution is 2.33. The van der Waals surface area contributed by atoms with Gasteiger partial charge in [0.15, 0.2) is 0 Å². The smallest absolute Gasteiger partial charge is 0.261 e. The van der Waals surface area contributed by atoms with Crippen molar-refractivity contribution in [1.29, 1.82) is 0 Å². The highest BCUT2D eigenvalue weighted by atomic mass is 79.9. The minimum absolute atomic E-state index is 0.0240. The second-order valence-corrected chi connectivity index (χ2v) is 11.4. The number of ether oxygens (including phenoxy) is 1. The third-order valence-corrected chi connectivity index (χ3v) is 7.68. The lowest BCUT2D eigenvalue weighted by molar-refractivity contribution is -0.125. The van der Waals surface area contributed by atoms with Crippen molar-refractivity contribution >= 4 is 56.4 Å². The number of nitrogens with one attached hydrogen (secondary N) is 1. The van der Waals surface area contributed by atoms with E-state index in [0.717, 1.165) is 20.7 Å². The molecule has 0 saturated carbocycles. The molecule has 2 unspecified atom stereocenters. The van der Waals surface area contributed by atoms with Gasteiger partial charge in [0.25, 0.3) is 11.8 Å². The third-order valence-electron chi connectivity index (χ3n) is 6.06. The Kier molecular flexibility index (Phi) is 7.21. The van der Waals surface area contributed by atoms with Gasteiger partial charge in [0, 0.05) is 24.5 Å². The highest BCUT2D eigenvalue weighted by Gasteiger charge is 2.42. The van der Waals surface area contributed by atoms with Crippen LogP contribution in [0.25, 0.3) is 0 Å². The first kappa shape index (κ1) is 23.9. The number of nitrogens with zero attached hydrogens (tertiary/aromatic N) is 2. The minimum atomic E-state index is -0.279. The number of thiophene rings is 1. The largest absolute Gasteiger partial charge is 0.370 e. The van der Waals surface area contributed by atoms with Crippen molar-refractivity contribution in [3.8, 4) is 0 Å². The molecule has 33 heavy (non-hydrogen) atoms. The number of rotatable bonds is 6. The van der Waals surface area contributed by atoms with Crippen molar-refractivity contribution < 1.29 is 19.1 Å². The normalized spacial score (nSPS) is 21.2. The van der Waals surface area contributed by atoms with Gasteiger partial charge in [0.2, 0.25) is 5.91 Å². The van der Waals surface area contributed by atoms with E-state index in [2.05, 4.69) is 35.1 Å². The highest BCUT2D eigenvalue weighted by molar-refractivity contribution is 9.11. The molecule has 176 valence electrons. The number of carbonyl (C=O) groups is 3. The van der Waals surface area contributed by atoms with E-state index < -0.39 is 0 Å². The zero-order chi connectivity index (χ0) is 23.7. The molecule has 0 bridgehead atoms. The van der Waals surface area contributed by atoms with Gasteiger partial charge in [0.05, 0.1) is 27.2 Å². The summed E-state index contributed by atoms with van der Waals surface area (Å²) in [7, 11) is 0. The van der Waals surface area contributed by atoms with Crippen molar-refractivity contribution in [3.63, 3.8) is 0 Å². The average Bonchev–Trinajstić information content (AvgIpc) is 3.33. The van der Waals surface area contributed by atoms with Crippen LogP contribution in [0.2, 0.25) is 0 Å². The molecule has 2 aliphatic rings. The number of amides is 3. The molecule has 7 nitrogen and oxygen atoms in total. The zero-order valence-corrected chi connectivity index (χ0v) is 21.4. The standard InChI is InChI=1S/C24H28BrN3O4S/c1-14(2)10-17-18(26-23(30)20-6-7-21(25)33-20)12-28(24(17)31)16-4-5-19(15(3)11-16)27-8-9-32-13-22(27)29/h4-7,11,14,17-18H,8-10,12-13H2,1-3H3,(H,26,30). The molecule has 1 aromatic carbocycles. The molecule has 2 saturated heterocycles. The molecule has 0 radical (unpaired) electrons. The molecule has 3 heterocycles.